The molecule has 0 unspecified atom stereocenters. The van der Waals surface area contributed by atoms with E-state index in [1.807, 2.05) is 37.3 Å². The first kappa shape index (κ1) is 22.5. The number of hydrogen-bond acceptors (Lipinski definition) is 3. The minimum Gasteiger partial charge on any atom is -0.236 e. The van der Waals surface area contributed by atoms with Crippen molar-refractivity contribution in [2.45, 2.75) is 25.2 Å². The Kier molecular flexibility index (Phi) is 6.96. The normalized spacial score (nSPS) is 12.9. The van der Waals surface area contributed by atoms with Crippen molar-refractivity contribution in [2.75, 3.05) is 0 Å². The zero-order valence-electron chi connectivity index (χ0n) is 16.7. The Labute approximate surface area is 190 Å². The molecule has 154 valence electrons. The van der Waals surface area contributed by atoms with Gasteiger partial charge in [-0.1, -0.05) is 64.4 Å². The van der Waals surface area contributed by atoms with Gasteiger partial charge in [-0.2, -0.15) is 0 Å². The van der Waals surface area contributed by atoms with E-state index < -0.39 is 9.84 Å². The first-order valence-corrected chi connectivity index (χ1v) is 11.9. The number of hydrogen-bond donors (Lipinski definition) is 0. The van der Waals surface area contributed by atoms with E-state index in [2.05, 4.69) is 27.5 Å². The molecule has 0 bridgehead atoms. The van der Waals surface area contributed by atoms with Crippen molar-refractivity contribution in [3.63, 3.8) is 0 Å². The fourth-order valence-corrected chi connectivity index (χ4v) is 4.68. The minimum atomic E-state index is -3.58. The summed E-state index contributed by atoms with van der Waals surface area (Å²) in [6.07, 6.45) is 3.86. The lowest BCUT2D eigenvalue weighted by molar-refractivity contribution is 0.602. The van der Waals surface area contributed by atoms with Crippen LogP contribution < -0.4 is 10.6 Å². The number of halogens is 2. The maximum Gasteiger partial charge on any atom is 0.202 e. The molecule has 1 heterocycles. The zero-order chi connectivity index (χ0) is 21.9. The summed E-state index contributed by atoms with van der Waals surface area (Å²) in [5, 5.41) is 1.69. The Morgan fingerprint density at radius 2 is 1.77 bits per heavy atom. The molecular formula is C24H21BrClNO2S. The summed E-state index contributed by atoms with van der Waals surface area (Å²) in [6, 6.07) is 16.6. The van der Waals surface area contributed by atoms with Crippen LogP contribution >= 0.6 is 27.5 Å². The highest BCUT2D eigenvalue weighted by molar-refractivity contribution is 9.10. The van der Waals surface area contributed by atoms with Gasteiger partial charge in [0.2, 0.25) is 9.84 Å². The van der Waals surface area contributed by atoms with Gasteiger partial charge in [-0.15, -0.1) is 0 Å². The standard InChI is InChI=1S/C24H21BrClNO2S/c1-16(30(28,29)21-12-10-20(25)11-13-21)9-14-23-18(3)17(2)22(24(26)27-23)15-19-7-5-4-6-8-19/h4-14H,3,15H2,1-2H3/b16-9+,23-14+. The first-order chi connectivity index (χ1) is 14.2. The van der Waals surface area contributed by atoms with Crippen molar-refractivity contribution in [2.24, 2.45) is 0 Å². The highest BCUT2D eigenvalue weighted by atomic mass is 79.9. The lowest BCUT2D eigenvalue weighted by Gasteiger charge is -2.09. The lowest BCUT2D eigenvalue weighted by atomic mass is 10.0. The molecule has 0 saturated carbocycles. The fraction of sp³-hybridized carbons (Fsp3) is 0.125. The van der Waals surface area contributed by atoms with E-state index in [-0.39, 0.29) is 9.80 Å². The highest BCUT2D eigenvalue weighted by Crippen LogP contribution is 2.21. The van der Waals surface area contributed by atoms with Gasteiger partial charge in [-0.3, -0.25) is 0 Å². The van der Waals surface area contributed by atoms with Crippen LogP contribution in [0.4, 0.5) is 0 Å². The third kappa shape index (κ3) is 4.91. The lowest BCUT2D eigenvalue weighted by Crippen LogP contribution is -2.31. The number of nitrogens with zero attached hydrogens (tertiary/aromatic N) is 1. The van der Waals surface area contributed by atoms with Gasteiger partial charge in [0.1, 0.15) is 5.15 Å². The van der Waals surface area contributed by atoms with Gasteiger partial charge in [0.25, 0.3) is 0 Å². The molecule has 3 rings (SSSR count). The van der Waals surface area contributed by atoms with Gasteiger partial charge < -0.3 is 0 Å². The van der Waals surface area contributed by atoms with E-state index in [1.54, 1.807) is 43.3 Å². The van der Waals surface area contributed by atoms with E-state index in [9.17, 15) is 8.42 Å². The maximum absolute atomic E-state index is 12.8. The Morgan fingerprint density at radius 3 is 2.40 bits per heavy atom. The monoisotopic (exact) mass is 501 g/mol. The van der Waals surface area contributed by atoms with Crippen molar-refractivity contribution in [1.82, 2.24) is 4.98 Å². The predicted molar refractivity (Wildman–Crippen MR) is 128 cm³/mol. The molecule has 0 amide bonds. The summed E-state index contributed by atoms with van der Waals surface area (Å²) in [7, 11) is -3.58. The SMILES string of the molecule is C=c1c(C)c(Cc2ccccc2)c(Cl)n/c1=C/C=C(\C)S(=O)(=O)c1ccc(Br)cc1. The van der Waals surface area contributed by atoms with Crippen LogP contribution in [0.2, 0.25) is 5.15 Å². The number of pyridine rings is 1. The second-order valence-corrected chi connectivity index (χ2v) is 10.3. The Bertz CT molecular complexity index is 1320. The van der Waals surface area contributed by atoms with Crippen LogP contribution in [0.25, 0.3) is 12.7 Å². The predicted octanol–water partition coefficient (Wildman–Crippen LogP) is 4.97. The molecule has 0 spiro atoms. The molecule has 3 nitrogen and oxygen atoms in total. The average molecular weight is 503 g/mol. The van der Waals surface area contributed by atoms with E-state index in [1.165, 1.54) is 0 Å². The second-order valence-electron chi connectivity index (χ2n) is 6.93. The Morgan fingerprint density at radius 1 is 1.13 bits per heavy atom. The van der Waals surface area contributed by atoms with Crippen LogP contribution in [0.5, 0.6) is 0 Å². The fourth-order valence-electron chi connectivity index (χ4n) is 3.00. The van der Waals surface area contributed by atoms with Crippen LogP contribution in [0.1, 0.15) is 23.6 Å². The molecule has 0 atom stereocenters. The van der Waals surface area contributed by atoms with E-state index in [4.69, 9.17) is 11.6 Å². The molecule has 30 heavy (non-hydrogen) atoms. The maximum atomic E-state index is 12.8. The molecule has 0 saturated heterocycles. The van der Waals surface area contributed by atoms with Gasteiger partial charge in [-0.05, 0) is 72.2 Å². The van der Waals surface area contributed by atoms with Crippen molar-refractivity contribution in [3.8, 4) is 0 Å². The number of rotatable bonds is 5. The van der Waals surface area contributed by atoms with Crippen molar-refractivity contribution < 1.29 is 8.42 Å². The van der Waals surface area contributed by atoms with Gasteiger partial charge in [0, 0.05) is 15.8 Å². The van der Waals surface area contributed by atoms with Crippen LogP contribution in [-0.2, 0) is 16.3 Å². The van der Waals surface area contributed by atoms with Crippen LogP contribution in [-0.4, -0.2) is 13.4 Å². The summed E-state index contributed by atoms with van der Waals surface area (Å²) in [6.45, 7) is 7.66. The van der Waals surface area contributed by atoms with Crippen LogP contribution in [0, 0.1) is 6.92 Å². The summed E-state index contributed by atoms with van der Waals surface area (Å²) < 4.78 is 26.4. The largest absolute Gasteiger partial charge is 0.236 e. The van der Waals surface area contributed by atoms with E-state index in [0.717, 1.165) is 26.4 Å². The number of benzene rings is 2. The molecule has 2 aromatic carbocycles. The Balaban J connectivity index is 1.99. The minimum absolute atomic E-state index is 0.216. The molecule has 0 aliphatic carbocycles. The molecule has 1 aromatic heterocycles. The average Bonchev–Trinajstić information content (AvgIpc) is 2.73. The molecule has 0 radical (unpaired) electrons. The molecule has 0 aliphatic heterocycles. The highest BCUT2D eigenvalue weighted by Gasteiger charge is 2.16. The molecule has 0 aliphatic rings. The van der Waals surface area contributed by atoms with Gasteiger partial charge in [0.15, 0.2) is 0 Å². The molecule has 6 heteroatoms. The van der Waals surface area contributed by atoms with Crippen LogP contribution in [0.3, 0.4) is 0 Å². The first-order valence-electron chi connectivity index (χ1n) is 9.27. The summed E-state index contributed by atoms with van der Waals surface area (Å²) in [5.41, 5.74) is 3.01. The smallest absolute Gasteiger partial charge is 0.202 e. The molecule has 0 N–H and O–H groups in total. The molecule has 0 fully saturated rings. The van der Waals surface area contributed by atoms with Gasteiger partial charge in [0.05, 0.1) is 10.2 Å². The summed E-state index contributed by atoms with van der Waals surface area (Å²) in [5.74, 6) is 0. The summed E-state index contributed by atoms with van der Waals surface area (Å²) in [4.78, 5) is 4.92. The van der Waals surface area contributed by atoms with Crippen molar-refractivity contribution >= 4 is 50.0 Å². The number of sulfone groups is 1. The third-order valence-electron chi connectivity index (χ3n) is 4.93. The van der Waals surface area contributed by atoms with E-state index in [0.29, 0.717) is 16.9 Å². The van der Waals surface area contributed by atoms with Gasteiger partial charge >= 0.3 is 0 Å². The number of allylic oxidation sites excluding steroid dienone is 2. The molecule has 3 aromatic rings. The third-order valence-corrected chi connectivity index (χ3v) is 7.65. The number of aromatic nitrogens is 1. The summed E-state index contributed by atoms with van der Waals surface area (Å²) >= 11 is 9.79. The second kappa shape index (κ2) is 9.29. The van der Waals surface area contributed by atoms with Crippen LogP contribution in [0.15, 0.2) is 74.9 Å². The molecular weight excluding hydrogens is 482 g/mol. The van der Waals surface area contributed by atoms with Gasteiger partial charge in [-0.25, -0.2) is 13.4 Å². The Hall–Kier alpha value is -2.21. The van der Waals surface area contributed by atoms with E-state index >= 15 is 0 Å². The zero-order valence-corrected chi connectivity index (χ0v) is 19.9. The quantitative estimate of drug-likeness (QED) is 0.463. The van der Waals surface area contributed by atoms with Crippen molar-refractivity contribution in [1.29, 1.82) is 0 Å². The van der Waals surface area contributed by atoms with Crippen molar-refractivity contribution in [3.05, 3.63) is 102 Å². The topological polar surface area (TPSA) is 47.0 Å².